The van der Waals surface area contributed by atoms with Gasteiger partial charge in [-0.2, -0.15) is 0 Å². The minimum Gasteiger partial charge on any atom is -0.385 e. The molecule has 0 aliphatic rings. The van der Waals surface area contributed by atoms with E-state index in [1.165, 1.54) is 4.68 Å². The minimum atomic E-state index is -0.0216. The fourth-order valence-corrected chi connectivity index (χ4v) is 1.71. The molecule has 0 unspecified atom stereocenters. The molecule has 8 nitrogen and oxygen atoms in total. The number of hydrogen-bond donors (Lipinski definition) is 1. The molecule has 0 saturated carbocycles. The lowest BCUT2D eigenvalue weighted by Crippen LogP contribution is -2.37. The van der Waals surface area contributed by atoms with Gasteiger partial charge in [0.2, 0.25) is 5.91 Å². The topological polar surface area (TPSA) is 95.5 Å². The molecule has 0 radical (unpaired) electrons. The predicted octanol–water partition coefficient (Wildman–Crippen LogP) is -0.752. The van der Waals surface area contributed by atoms with Crippen molar-refractivity contribution in [1.82, 2.24) is 19.9 Å². The highest BCUT2D eigenvalue weighted by Gasteiger charge is 2.14. The maximum absolute atomic E-state index is 12.2. The van der Waals surface area contributed by atoms with Crippen molar-refractivity contribution in [3.05, 3.63) is 11.9 Å². The van der Waals surface area contributed by atoms with Crippen molar-refractivity contribution in [3.63, 3.8) is 0 Å². The molecule has 0 aliphatic carbocycles. The summed E-state index contributed by atoms with van der Waals surface area (Å²) >= 11 is 0. The van der Waals surface area contributed by atoms with Crippen molar-refractivity contribution < 1.29 is 14.3 Å². The molecule has 20 heavy (non-hydrogen) atoms. The van der Waals surface area contributed by atoms with Gasteiger partial charge in [0.25, 0.3) is 0 Å². The Balaban J connectivity index is 2.51. The van der Waals surface area contributed by atoms with E-state index in [9.17, 15) is 4.79 Å². The Labute approximate surface area is 118 Å². The van der Waals surface area contributed by atoms with Crippen LogP contribution in [0, 0.1) is 0 Å². The molecule has 0 saturated heterocycles. The van der Waals surface area contributed by atoms with Crippen molar-refractivity contribution in [3.8, 4) is 0 Å². The maximum atomic E-state index is 12.2. The fraction of sp³-hybridized carbons (Fsp3) is 0.750. The summed E-state index contributed by atoms with van der Waals surface area (Å²) in [5.74, 6) is -0.0216. The van der Waals surface area contributed by atoms with Crippen LogP contribution < -0.4 is 5.73 Å². The van der Waals surface area contributed by atoms with Gasteiger partial charge in [0, 0.05) is 40.5 Å². The SMILES string of the molecule is COCCCN(CCOC)C(=O)Cn1cc(CN)nn1. The quantitative estimate of drug-likeness (QED) is 0.568. The van der Waals surface area contributed by atoms with Gasteiger partial charge in [0.05, 0.1) is 18.5 Å². The average Bonchev–Trinajstić information content (AvgIpc) is 2.90. The van der Waals surface area contributed by atoms with Gasteiger partial charge < -0.3 is 20.1 Å². The number of hydrogen-bond acceptors (Lipinski definition) is 6. The number of ether oxygens (including phenoxy) is 2. The second-order valence-electron chi connectivity index (χ2n) is 4.33. The van der Waals surface area contributed by atoms with Crippen molar-refractivity contribution in [1.29, 1.82) is 0 Å². The lowest BCUT2D eigenvalue weighted by atomic mass is 10.3. The molecular weight excluding hydrogens is 262 g/mol. The molecule has 1 aromatic rings. The summed E-state index contributed by atoms with van der Waals surface area (Å²) in [4.78, 5) is 14.0. The van der Waals surface area contributed by atoms with Crippen LogP contribution in [0.5, 0.6) is 0 Å². The zero-order chi connectivity index (χ0) is 14.8. The molecule has 0 aromatic carbocycles. The van der Waals surface area contributed by atoms with Crippen LogP contribution in [0.2, 0.25) is 0 Å². The first-order valence-electron chi connectivity index (χ1n) is 6.56. The number of carbonyl (C=O) groups is 1. The van der Waals surface area contributed by atoms with E-state index < -0.39 is 0 Å². The molecule has 1 rings (SSSR count). The van der Waals surface area contributed by atoms with E-state index >= 15 is 0 Å². The molecule has 0 bridgehead atoms. The Bertz CT molecular complexity index is 396. The average molecular weight is 285 g/mol. The smallest absolute Gasteiger partial charge is 0.244 e. The van der Waals surface area contributed by atoms with E-state index in [1.807, 2.05) is 0 Å². The Morgan fingerprint density at radius 3 is 2.70 bits per heavy atom. The van der Waals surface area contributed by atoms with Gasteiger partial charge in [0.15, 0.2) is 0 Å². The molecule has 2 N–H and O–H groups in total. The molecular formula is C12H23N5O3. The molecule has 8 heteroatoms. The van der Waals surface area contributed by atoms with Crippen LogP contribution in [-0.2, 0) is 27.4 Å². The zero-order valence-electron chi connectivity index (χ0n) is 12.1. The second kappa shape index (κ2) is 9.40. The highest BCUT2D eigenvalue weighted by atomic mass is 16.5. The highest BCUT2D eigenvalue weighted by Crippen LogP contribution is 1.98. The number of nitrogens with zero attached hydrogens (tertiary/aromatic N) is 4. The number of carbonyl (C=O) groups excluding carboxylic acids is 1. The summed E-state index contributed by atoms with van der Waals surface area (Å²) < 4.78 is 11.5. The maximum Gasteiger partial charge on any atom is 0.244 e. The Morgan fingerprint density at radius 1 is 1.35 bits per heavy atom. The van der Waals surface area contributed by atoms with Gasteiger partial charge in [-0.05, 0) is 6.42 Å². The van der Waals surface area contributed by atoms with Gasteiger partial charge in [-0.15, -0.1) is 5.10 Å². The summed E-state index contributed by atoms with van der Waals surface area (Å²) in [6, 6.07) is 0. The lowest BCUT2D eigenvalue weighted by molar-refractivity contribution is -0.132. The highest BCUT2D eigenvalue weighted by molar-refractivity contribution is 5.75. The number of aromatic nitrogens is 3. The third-order valence-corrected chi connectivity index (χ3v) is 2.79. The largest absolute Gasteiger partial charge is 0.385 e. The normalized spacial score (nSPS) is 10.8. The fourth-order valence-electron chi connectivity index (χ4n) is 1.71. The molecule has 1 heterocycles. The van der Waals surface area contributed by atoms with Gasteiger partial charge >= 0.3 is 0 Å². The minimum absolute atomic E-state index is 0.0216. The van der Waals surface area contributed by atoms with Crippen LogP contribution >= 0.6 is 0 Å². The van der Waals surface area contributed by atoms with Crippen LogP contribution in [0.3, 0.4) is 0 Å². The standard InChI is InChI=1S/C12H23N5O3/c1-19-6-3-4-16(5-7-20-2)12(18)10-17-9-11(8-13)14-15-17/h9H,3-8,10,13H2,1-2H3. The van der Waals surface area contributed by atoms with Crippen LogP contribution in [0.25, 0.3) is 0 Å². The van der Waals surface area contributed by atoms with E-state index in [2.05, 4.69) is 10.3 Å². The number of rotatable bonds is 10. The predicted molar refractivity (Wildman–Crippen MR) is 72.9 cm³/mol. The van der Waals surface area contributed by atoms with Crippen LogP contribution in [0.1, 0.15) is 12.1 Å². The van der Waals surface area contributed by atoms with E-state index in [4.69, 9.17) is 15.2 Å². The van der Waals surface area contributed by atoms with Crippen LogP contribution in [0.4, 0.5) is 0 Å². The lowest BCUT2D eigenvalue weighted by Gasteiger charge is -2.22. The van der Waals surface area contributed by atoms with Crippen molar-refractivity contribution >= 4 is 5.91 Å². The molecule has 0 aliphatic heterocycles. The summed E-state index contributed by atoms with van der Waals surface area (Å²) in [5.41, 5.74) is 6.13. The van der Waals surface area contributed by atoms with Crippen molar-refractivity contribution in [2.75, 3.05) is 40.5 Å². The number of methoxy groups -OCH3 is 2. The van der Waals surface area contributed by atoms with E-state index in [-0.39, 0.29) is 12.5 Å². The zero-order valence-corrected chi connectivity index (χ0v) is 12.1. The first-order valence-corrected chi connectivity index (χ1v) is 6.56. The van der Waals surface area contributed by atoms with Gasteiger partial charge in [-0.3, -0.25) is 4.79 Å². The molecule has 1 amide bonds. The summed E-state index contributed by atoms with van der Waals surface area (Å²) in [6.07, 6.45) is 2.47. The van der Waals surface area contributed by atoms with E-state index in [0.29, 0.717) is 38.5 Å². The third-order valence-electron chi connectivity index (χ3n) is 2.79. The van der Waals surface area contributed by atoms with Gasteiger partial charge in [-0.1, -0.05) is 5.21 Å². The van der Waals surface area contributed by atoms with Crippen molar-refractivity contribution in [2.45, 2.75) is 19.5 Å². The first-order chi connectivity index (χ1) is 9.71. The van der Waals surface area contributed by atoms with Crippen LogP contribution in [-0.4, -0.2) is 66.3 Å². The van der Waals surface area contributed by atoms with Gasteiger partial charge in [-0.25, -0.2) is 4.68 Å². The molecule has 0 spiro atoms. The third kappa shape index (κ3) is 5.64. The Hall–Kier alpha value is -1.51. The second-order valence-corrected chi connectivity index (χ2v) is 4.33. The number of amides is 1. The molecule has 0 fully saturated rings. The first kappa shape index (κ1) is 16.5. The summed E-state index contributed by atoms with van der Waals surface area (Å²) in [5, 5.41) is 7.73. The summed E-state index contributed by atoms with van der Waals surface area (Å²) in [7, 11) is 3.26. The monoisotopic (exact) mass is 285 g/mol. The molecule has 114 valence electrons. The van der Waals surface area contributed by atoms with Crippen LogP contribution in [0.15, 0.2) is 6.20 Å². The molecule has 0 atom stereocenters. The van der Waals surface area contributed by atoms with Crippen molar-refractivity contribution in [2.24, 2.45) is 5.73 Å². The Kier molecular flexibility index (Phi) is 7.78. The summed E-state index contributed by atoms with van der Waals surface area (Å²) in [6.45, 7) is 2.78. The number of nitrogens with two attached hydrogens (primary N) is 1. The Morgan fingerprint density at radius 2 is 2.10 bits per heavy atom. The molecule has 1 aromatic heterocycles. The van der Waals surface area contributed by atoms with E-state index in [0.717, 1.165) is 6.42 Å². The van der Waals surface area contributed by atoms with E-state index in [1.54, 1.807) is 25.3 Å². The van der Waals surface area contributed by atoms with Gasteiger partial charge in [0.1, 0.15) is 6.54 Å².